The van der Waals surface area contributed by atoms with E-state index in [1.165, 1.54) is 11.5 Å². The minimum atomic E-state index is -4.58. The van der Waals surface area contributed by atoms with Crippen molar-refractivity contribution in [3.05, 3.63) is 22.6 Å². The van der Waals surface area contributed by atoms with Gasteiger partial charge in [0.25, 0.3) is 0 Å². The van der Waals surface area contributed by atoms with E-state index in [2.05, 4.69) is 5.32 Å². The molecule has 0 spiro atoms. The van der Waals surface area contributed by atoms with Gasteiger partial charge in [-0.25, -0.2) is 9.59 Å². The minimum Gasteiger partial charge on any atom is -0.478 e. The molecule has 3 heterocycles. The van der Waals surface area contributed by atoms with E-state index < -0.39 is 47.6 Å². The first kappa shape index (κ1) is 24.9. The molecule has 0 aromatic carbocycles. The van der Waals surface area contributed by atoms with Gasteiger partial charge in [0.1, 0.15) is 6.54 Å². The van der Waals surface area contributed by atoms with Crippen molar-refractivity contribution in [2.45, 2.75) is 56.2 Å². The van der Waals surface area contributed by atoms with E-state index in [0.29, 0.717) is 11.3 Å². The molecule has 0 saturated carbocycles. The molecular formula is C20H24F3N3O6S. The number of likely N-dealkylation sites (tertiary alicyclic amines) is 1. The highest BCUT2D eigenvalue weighted by Crippen LogP contribution is 2.45. The molecule has 3 aliphatic heterocycles. The lowest BCUT2D eigenvalue weighted by atomic mass is 9.90. The summed E-state index contributed by atoms with van der Waals surface area (Å²) in [5.74, 6) is -2.97. The Bertz CT molecular complexity index is 906. The molecule has 3 amide bonds. The number of piperidine rings is 1. The van der Waals surface area contributed by atoms with Gasteiger partial charge in [-0.3, -0.25) is 19.8 Å². The minimum absolute atomic E-state index is 0.0319. The number of alkyl carbamates (subject to hydrolysis) is 1. The predicted octanol–water partition coefficient (Wildman–Crippen LogP) is 2.59. The summed E-state index contributed by atoms with van der Waals surface area (Å²) in [5.41, 5.74) is -2.47. The summed E-state index contributed by atoms with van der Waals surface area (Å²) in [7, 11) is 0. The number of nitrogens with one attached hydrogen (secondary N) is 1. The van der Waals surface area contributed by atoms with Crippen LogP contribution in [-0.2, 0) is 19.1 Å². The lowest BCUT2D eigenvalue weighted by Crippen LogP contribution is -2.75. The summed E-state index contributed by atoms with van der Waals surface area (Å²) < 4.78 is 43.5. The van der Waals surface area contributed by atoms with Crippen molar-refractivity contribution in [2.75, 3.05) is 19.7 Å². The van der Waals surface area contributed by atoms with Crippen LogP contribution in [0.3, 0.4) is 0 Å². The third-order valence-electron chi connectivity index (χ3n) is 5.50. The van der Waals surface area contributed by atoms with E-state index in [4.69, 9.17) is 4.74 Å². The van der Waals surface area contributed by atoms with E-state index in [1.54, 1.807) is 0 Å². The summed E-state index contributed by atoms with van der Waals surface area (Å²) >= 11 is 1.13. The van der Waals surface area contributed by atoms with E-state index in [0.717, 1.165) is 23.1 Å². The number of carbonyl (C=O) groups is 4. The van der Waals surface area contributed by atoms with Gasteiger partial charge in [-0.1, -0.05) is 13.3 Å². The first-order valence-corrected chi connectivity index (χ1v) is 11.4. The fourth-order valence-corrected chi connectivity index (χ4v) is 5.06. The summed E-state index contributed by atoms with van der Waals surface area (Å²) in [6.45, 7) is 0.408. The summed E-state index contributed by atoms with van der Waals surface area (Å²) in [6, 6.07) is 0. The standard InChI is InChI=1S/C20H24F3N3O6S/c1-2-3-7-32-18(31)24-20(17(29)30)13(10-33-15-9-14(27)26(15)20)8-12-5-4-6-25(16(12)28)11-19(21,22)23/h8,10,15H,2-7,9,11H2,1H3,(H,24,31)(H,29,30). The van der Waals surface area contributed by atoms with Crippen LogP contribution in [0.2, 0.25) is 0 Å². The van der Waals surface area contributed by atoms with Crippen LogP contribution in [0.15, 0.2) is 22.6 Å². The van der Waals surface area contributed by atoms with Gasteiger partial charge in [0.2, 0.25) is 17.5 Å². The number of unbranched alkanes of at least 4 members (excludes halogenated alkanes) is 1. The number of thioether (sulfide) groups is 1. The number of hydrogen-bond acceptors (Lipinski definition) is 6. The smallest absolute Gasteiger partial charge is 0.409 e. The molecule has 33 heavy (non-hydrogen) atoms. The Balaban J connectivity index is 1.95. The number of rotatable bonds is 7. The van der Waals surface area contributed by atoms with Crippen molar-refractivity contribution in [1.82, 2.24) is 15.1 Å². The van der Waals surface area contributed by atoms with Gasteiger partial charge in [-0.2, -0.15) is 13.2 Å². The molecule has 2 saturated heterocycles. The van der Waals surface area contributed by atoms with Crippen molar-refractivity contribution in [2.24, 2.45) is 0 Å². The van der Waals surface area contributed by atoms with Crippen LogP contribution in [0.4, 0.5) is 18.0 Å². The zero-order chi connectivity index (χ0) is 24.4. The van der Waals surface area contributed by atoms with Crippen LogP contribution < -0.4 is 5.32 Å². The number of amides is 3. The maximum absolute atomic E-state index is 12.8. The quantitative estimate of drug-likeness (QED) is 0.319. The van der Waals surface area contributed by atoms with E-state index in [9.17, 15) is 37.5 Å². The fraction of sp³-hybridized carbons (Fsp3) is 0.600. The number of carbonyl (C=O) groups excluding carboxylic acids is 3. The molecule has 0 aliphatic carbocycles. The average molecular weight is 491 g/mol. The Morgan fingerprint density at radius 1 is 1.39 bits per heavy atom. The maximum atomic E-state index is 12.8. The molecule has 13 heteroatoms. The third kappa shape index (κ3) is 5.12. The summed E-state index contributed by atoms with van der Waals surface area (Å²) in [5, 5.41) is 13.3. The lowest BCUT2D eigenvalue weighted by molar-refractivity contribution is -0.167. The monoisotopic (exact) mass is 491 g/mol. The Hall–Kier alpha value is -2.70. The van der Waals surface area contributed by atoms with Gasteiger partial charge in [-0.05, 0) is 30.7 Å². The van der Waals surface area contributed by atoms with Crippen molar-refractivity contribution in [1.29, 1.82) is 0 Å². The molecular weight excluding hydrogens is 467 g/mol. The molecule has 2 N–H and O–H groups in total. The number of halogens is 3. The van der Waals surface area contributed by atoms with Crippen LogP contribution >= 0.6 is 11.8 Å². The third-order valence-corrected chi connectivity index (χ3v) is 6.58. The molecule has 182 valence electrons. The zero-order valence-electron chi connectivity index (χ0n) is 17.8. The van der Waals surface area contributed by atoms with E-state index in [-0.39, 0.29) is 43.6 Å². The highest BCUT2D eigenvalue weighted by atomic mass is 32.2. The van der Waals surface area contributed by atoms with Gasteiger partial charge in [0, 0.05) is 17.7 Å². The van der Waals surface area contributed by atoms with E-state index in [1.807, 2.05) is 6.92 Å². The molecule has 2 fully saturated rings. The summed E-state index contributed by atoms with van der Waals surface area (Å²) in [4.78, 5) is 51.5. The van der Waals surface area contributed by atoms with Gasteiger partial charge >= 0.3 is 18.2 Å². The Kier molecular flexibility index (Phi) is 7.29. The van der Waals surface area contributed by atoms with E-state index >= 15 is 0 Å². The van der Waals surface area contributed by atoms with Crippen LogP contribution in [0.25, 0.3) is 0 Å². The number of fused-ring (bicyclic) bond motifs is 1. The molecule has 2 unspecified atom stereocenters. The van der Waals surface area contributed by atoms with Crippen LogP contribution in [0, 0.1) is 0 Å². The second-order valence-electron chi connectivity index (χ2n) is 7.88. The Morgan fingerprint density at radius 3 is 2.73 bits per heavy atom. The van der Waals surface area contributed by atoms with Crippen LogP contribution in [0.5, 0.6) is 0 Å². The van der Waals surface area contributed by atoms with Crippen LogP contribution in [0.1, 0.15) is 39.0 Å². The molecule has 0 aromatic heterocycles. The molecule has 3 rings (SSSR count). The lowest BCUT2D eigenvalue weighted by Gasteiger charge is -2.53. The van der Waals surface area contributed by atoms with Gasteiger partial charge in [0.05, 0.1) is 18.4 Å². The van der Waals surface area contributed by atoms with Crippen LogP contribution in [-0.4, -0.2) is 75.7 Å². The number of aliphatic carboxylic acids is 1. The van der Waals surface area contributed by atoms with Crippen molar-refractivity contribution < 1.29 is 42.2 Å². The van der Waals surface area contributed by atoms with Crippen molar-refractivity contribution in [3.8, 4) is 0 Å². The maximum Gasteiger partial charge on any atom is 0.409 e. The van der Waals surface area contributed by atoms with Gasteiger partial charge in [-0.15, -0.1) is 11.8 Å². The van der Waals surface area contributed by atoms with Gasteiger partial charge in [0.15, 0.2) is 0 Å². The second-order valence-corrected chi connectivity index (χ2v) is 8.93. The summed E-state index contributed by atoms with van der Waals surface area (Å²) in [6.07, 6.45) is -2.75. The number of nitrogens with zero attached hydrogens (tertiary/aromatic N) is 2. The normalized spacial score (nSPS) is 26.5. The number of carboxylic acid groups (broad SMARTS) is 1. The first-order chi connectivity index (χ1) is 15.5. The number of β-lactam (4-membered cyclic amide) rings is 1. The Labute approximate surface area is 192 Å². The number of hydrogen-bond donors (Lipinski definition) is 2. The molecule has 0 radical (unpaired) electrons. The highest BCUT2D eigenvalue weighted by Gasteiger charge is 2.60. The second kappa shape index (κ2) is 9.65. The molecule has 0 bridgehead atoms. The highest BCUT2D eigenvalue weighted by molar-refractivity contribution is 8.02. The zero-order valence-corrected chi connectivity index (χ0v) is 18.6. The fourth-order valence-electron chi connectivity index (χ4n) is 3.88. The largest absolute Gasteiger partial charge is 0.478 e. The topological polar surface area (TPSA) is 116 Å². The van der Waals surface area contributed by atoms with Crippen molar-refractivity contribution >= 4 is 35.6 Å². The Morgan fingerprint density at radius 2 is 2.12 bits per heavy atom. The van der Waals surface area contributed by atoms with Gasteiger partial charge < -0.3 is 14.7 Å². The van der Waals surface area contributed by atoms with Crippen molar-refractivity contribution in [3.63, 3.8) is 0 Å². The SMILES string of the molecule is CCCCOC(=O)NC1(C(=O)O)C(C=C2CCCN(CC(F)(F)F)C2=O)=CSC2CC(=O)N21. The number of alkyl halides is 3. The predicted molar refractivity (Wildman–Crippen MR) is 111 cm³/mol. The molecule has 9 nitrogen and oxygen atoms in total. The molecule has 2 atom stereocenters. The first-order valence-electron chi connectivity index (χ1n) is 10.4. The number of carboxylic acids is 1. The molecule has 0 aromatic rings. The number of ether oxygens (including phenoxy) is 1. The average Bonchev–Trinajstić information content (AvgIpc) is 2.70. The molecule has 3 aliphatic rings.